The average Bonchev–Trinajstić information content (AvgIpc) is 2.61. The molecule has 3 nitrogen and oxygen atoms in total. The highest BCUT2D eigenvalue weighted by atomic mass is 16.5. The van der Waals surface area contributed by atoms with Crippen LogP contribution in [-0.4, -0.2) is 5.16 Å². The molecule has 0 aliphatic rings. The summed E-state index contributed by atoms with van der Waals surface area (Å²) in [6.45, 7) is 6.23. The summed E-state index contributed by atoms with van der Waals surface area (Å²) in [7, 11) is 0. The van der Waals surface area contributed by atoms with E-state index in [1.165, 1.54) is 5.56 Å². The molecule has 1 heterocycles. The first kappa shape index (κ1) is 10.7. The van der Waals surface area contributed by atoms with Gasteiger partial charge in [-0.25, -0.2) is 0 Å². The number of rotatable bonds is 2. The topological polar surface area (TPSA) is 52.0 Å². The molecule has 3 heteroatoms. The number of anilines is 1. The van der Waals surface area contributed by atoms with Crippen LogP contribution in [0.2, 0.25) is 0 Å². The maximum atomic E-state index is 5.78. The molecule has 1 aromatic heterocycles. The summed E-state index contributed by atoms with van der Waals surface area (Å²) in [4.78, 5) is 0. The SMILES string of the molecule is Cc1ccc(-c2noc(N)c2C(C)C)cc1. The van der Waals surface area contributed by atoms with Crippen molar-refractivity contribution in [2.24, 2.45) is 0 Å². The fourth-order valence-corrected chi connectivity index (χ4v) is 1.79. The first-order valence-corrected chi connectivity index (χ1v) is 5.41. The number of nitrogen functional groups attached to an aromatic ring is 1. The van der Waals surface area contributed by atoms with Gasteiger partial charge in [0.25, 0.3) is 0 Å². The largest absolute Gasteiger partial charge is 0.367 e. The molecule has 0 atom stereocenters. The molecule has 0 fully saturated rings. The second-order valence-corrected chi connectivity index (χ2v) is 4.33. The van der Waals surface area contributed by atoms with Gasteiger partial charge in [0, 0.05) is 11.1 Å². The number of aromatic nitrogens is 1. The molecule has 2 aromatic rings. The van der Waals surface area contributed by atoms with Gasteiger partial charge in [0.05, 0.1) is 0 Å². The second kappa shape index (κ2) is 4.00. The van der Waals surface area contributed by atoms with Crippen LogP contribution < -0.4 is 5.73 Å². The zero-order valence-corrected chi connectivity index (χ0v) is 9.82. The minimum Gasteiger partial charge on any atom is -0.367 e. The van der Waals surface area contributed by atoms with Crippen molar-refractivity contribution >= 4 is 5.88 Å². The quantitative estimate of drug-likeness (QED) is 0.837. The molecule has 2 N–H and O–H groups in total. The summed E-state index contributed by atoms with van der Waals surface area (Å²) in [6.07, 6.45) is 0. The van der Waals surface area contributed by atoms with Crippen LogP contribution in [0.4, 0.5) is 5.88 Å². The van der Waals surface area contributed by atoms with E-state index in [4.69, 9.17) is 10.3 Å². The molecule has 2 rings (SSSR count). The number of aryl methyl sites for hydroxylation is 1. The summed E-state index contributed by atoms with van der Waals surface area (Å²) < 4.78 is 5.07. The molecular weight excluding hydrogens is 200 g/mol. The molecule has 0 bridgehead atoms. The fraction of sp³-hybridized carbons (Fsp3) is 0.308. The zero-order chi connectivity index (χ0) is 11.7. The average molecular weight is 216 g/mol. The molecule has 0 saturated heterocycles. The Bertz CT molecular complexity index is 483. The highest BCUT2D eigenvalue weighted by Gasteiger charge is 2.17. The van der Waals surface area contributed by atoms with E-state index < -0.39 is 0 Å². The van der Waals surface area contributed by atoms with E-state index in [1.807, 2.05) is 12.1 Å². The summed E-state index contributed by atoms with van der Waals surface area (Å²) in [5.74, 6) is 0.730. The fourth-order valence-electron chi connectivity index (χ4n) is 1.79. The molecular formula is C13H16N2O. The molecule has 0 aliphatic heterocycles. The predicted octanol–water partition coefficient (Wildman–Crippen LogP) is 3.36. The number of hydrogen-bond donors (Lipinski definition) is 1. The van der Waals surface area contributed by atoms with E-state index in [-0.39, 0.29) is 0 Å². The third kappa shape index (κ3) is 1.81. The number of nitrogens with two attached hydrogens (primary N) is 1. The second-order valence-electron chi connectivity index (χ2n) is 4.33. The summed E-state index contributed by atoms with van der Waals surface area (Å²) in [6, 6.07) is 8.20. The minimum absolute atomic E-state index is 0.308. The lowest BCUT2D eigenvalue weighted by molar-refractivity contribution is 0.438. The van der Waals surface area contributed by atoms with Crippen LogP contribution in [0, 0.1) is 6.92 Å². The van der Waals surface area contributed by atoms with Crippen molar-refractivity contribution in [1.82, 2.24) is 5.16 Å². The standard InChI is InChI=1S/C13H16N2O/c1-8(2)11-12(15-16-13(11)14)10-6-4-9(3)5-7-10/h4-8H,14H2,1-3H3. The Morgan fingerprint density at radius 1 is 1.19 bits per heavy atom. The van der Waals surface area contributed by atoms with Crippen LogP contribution in [0.25, 0.3) is 11.3 Å². The van der Waals surface area contributed by atoms with Crippen molar-refractivity contribution in [3.63, 3.8) is 0 Å². The maximum absolute atomic E-state index is 5.78. The lowest BCUT2D eigenvalue weighted by Gasteiger charge is -2.05. The minimum atomic E-state index is 0.308. The van der Waals surface area contributed by atoms with Crippen molar-refractivity contribution in [3.05, 3.63) is 35.4 Å². The highest BCUT2D eigenvalue weighted by molar-refractivity contribution is 5.67. The zero-order valence-electron chi connectivity index (χ0n) is 9.82. The van der Waals surface area contributed by atoms with Crippen molar-refractivity contribution in [3.8, 4) is 11.3 Å². The Morgan fingerprint density at radius 2 is 1.81 bits per heavy atom. The molecule has 0 unspecified atom stereocenters. The number of nitrogens with zero attached hydrogens (tertiary/aromatic N) is 1. The van der Waals surface area contributed by atoms with Gasteiger partial charge in [0.1, 0.15) is 5.69 Å². The third-order valence-corrected chi connectivity index (χ3v) is 2.66. The highest BCUT2D eigenvalue weighted by Crippen LogP contribution is 2.32. The Kier molecular flexibility index (Phi) is 2.69. The lowest BCUT2D eigenvalue weighted by atomic mass is 9.98. The van der Waals surface area contributed by atoms with Crippen LogP contribution in [0.1, 0.15) is 30.9 Å². The van der Waals surface area contributed by atoms with Crippen LogP contribution in [0.5, 0.6) is 0 Å². The van der Waals surface area contributed by atoms with Crippen molar-refractivity contribution in [1.29, 1.82) is 0 Å². The van der Waals surface area contributed by atoms with E-state index in [1.54, 1.807) is 0 Å². The van der Waals surface area contributed by atoms with Crippen LogP contribution in [0.15, 0.2) is 28.8 Å². The normalized spacial score (nSPS) is 11.0. The number of benzene rings is 1. The molecule has 0 spiro atoms. The first-order valence-electron chi connectivity index (χ1n) is 5.41. The van der Waals surface area contributed by atoms with Gasteiger partial charge in [-0.05, 0) is 12.8 Å². The molecule has 0 aliphatic carbocycles. The van der Waals surface area contributed by atoms with Gasteiger partial charge in [-0.3, -0.25) is 0 Å². The smallest absolute Gasteiger partial charge is 0.226 e. The van der Waals surface area contributed by atoms with Crippen LogP contribution >= 0.6 is 0 Å². The molecule has 0 radical (unpaired) electrons. The molecule has 16 heavy (non-hydrogen) atoms. The van der Waals surface area contributed by atoms with Crippen molar-refractivity contribution in [2.75, 3.05) is 5.73 Å². The first-order chi connectivity index (χ1) is 7.59. The molecule has 0 saturated carbocycles. The van der Waals surface area contributed by atoms with Gasteiger partial charge in [-0.15, -0.1) is 0 Å². The van der Waals surface area contributed by atoms with E-state index in [2.05, 4.69) is 38.1 Å². The van der Waals surface area contributed by atoms with Crippen molar-refractivity contribution in [2.45, 2.75) is 26.7 Å². The van der Waals surface area contributed by atoms with Gasteiger partial charge in [-0.1, -0.05) is 48.8 Å². The van der Waals surface area contributed by atoms with E-state index in [0.717, 1.165) is 16.8 Å². The molecule has 0 amide bonds. The van der Waals surface area contributed by atoms with Gasteiger partial charge < -0.3 is 10.3 Å². The van der Waals surface area contributed by atoms with Gasteiger partial charge >= 0.3 is 0 Å². The Hall–Kier alpha value is -1.77. The van der Waals surface area contributed by atoms with Crippen LogP contribution in [0.3, 0.4) is 0 Å². The Morgan fingerprint density at radius 3 is 2.38 bits per heavy atom. The predicted molar refractivity (Wildman–Crippen MR) is 65.2 cm³/mol. The Balaban J connectivity index is 2.52. The van der Waals surface area contributed by atoms with E-state index >= 15 is 0 Å². The summed E-state index contributed by atoms with van der Waals surface area (Å²) >= 11 is 0. The number of hydrogen-bond acceptors (Lipinski definition) is 3. The lowest BCUT2D eigenvalue weighted by Crippen LogP contribution is -1.94. The molecule has 1 aromatic carbocycles. The molecule has 84 valence electrons. The third-order valence-electron chi connectivity index (χ3n) is 2.66. The monoisotopic (exact) mass is 216 g/mol. The maximum Gasteiger partial charge on any atom is 0.226 e. The van der Waals surface area contributed by atoms with Gasteiger partial charge in [0.15, 0.2) is 0 Å². The summed E-state index contributed by atoms with van der Waals surface area (Å²) in [5, 5.41) is 4.04. The van der Waals surface area contributed by atoms with Crippen molar-refractivity contribution < 1.29 is 4.52 Å². The van der Waals surface area contributed by atoms with E-state index in [0.29, 0.717) is 11.8 Å². The van der Waals surface area contributed by atoms with Gasteiger partial charge in [-0.2, -0.15) is 0 Å². The Labute approximate surface area is 95.3 Å². The van der Waals surface area contributed by atoms with Crippen LogP contribution in [-0.2, 0) is 0 Å². The van der Waals surface area contributed by atoms with Gasteiger partial charge in [0.2, 0.25) is 5.88 Å². The van der Waals surface area contributed by atoms with E-state index in [9.17, 15) is 0 Å². The summed E-state index contributed by atoms with van der Waals surface area (Å²) in [5.41, 5.74) is 9.90.